The molecule has 1 aliphatic rings. The molecule has 0 spiro atoms. The zero-order valence-corrected chi connectivity index (χ0v) is 12.9. The van der Waals surface area contributed by atoms with Gasteiger partial charge in [-0.15, -0.1) is 0 Å². The van der Waals surface area contributed by atoms with Crippen LogP contribution in [0.3, 0.4) is 0 Å². The van der Waals surface area contributed by atoms with E-state index in [1.165, 1.54) is 5.56 Å². The summed E-state index contributed by atoms with van der Waals surface area (Å²) in [6, 6.07) is 2.10. The third-order valence-electron chi connectivity index (χ3n) is 4.84. The van der Waals surface area contributed by atoms with Gasteiger partial charge in [-0.1, -0.05) is 27.7 Å². The largest absolute Gasteiger partial charge is 0.370 e. The van der Waals surface area contributed by atoms with Crippen molar-refractivity contribution in [3.63, 3.8) is 0 Å². The molecule has 1 aliphatic carbocycles. The number of anilines is 1. The van der Waals surface area contributed by atoms with Gasteiger partial charge in [0.05, 0.1) is 0 Å². The maximum absolute atomic E-state index is 4.42. The normalized spacial score (nSPS) is 21.3. The molecule has 0 radical (unpaired) electrons. The van der Waals surface area contributed by atoms with Gasteiger partial charge >= 0.3 is 0 Å². The Bertz CT molecular complexity index is 424. The molecule has 2 rings (SSSR count). The Morgan fingerprint density at radius 1 is 1.29 bits per heavy atom. The summed E-state index contributed by atoms with van der Waals surface area (Å²) in [6.45, 7) is 12.5. The van der Waals surface area contributed by atoms with Crippen molar-refractivity contribution in [1.82, 2.24) is 4.98 Å². The molecule has 0 amide bonds. The smallest absolute Gasteiger partial charge is 0.128 e. The molecule has 1 aromatic heterocycles. The summed E-state index contributed by atoms with van der Waals surface area (Å²) < 4.78 is 1.03. The fourth-order valence-corrected chi connectivity index (χ4v) is 3.21. The quantitative estimate of drug-likeness (QED) is 0.902. The van der Waals surface area contributed by atoms with E-state index in [1.807, 2.05) is 6.20 Å². The van der Waals surface area contributed by atoms with Crippen molar-refractivity contribution >= 4 is 21.7 Å². The minimum Gasteiger partial charge on any atom is -0.370 e. The Morgan fingerprint density at radius 3 is 2.35 bits per heavy atom. The van der Waals surface area contributed by atoms with Crippen LogP contribution in [0.2, 0.25) is 0 Å². The minimum absolute atomic E-state index is 0.434. The number of halogens is 1. The van der Waals surface area contributed by atoms with E-state index >= 15 is 0 Å². The monoisotopic (exact) mass is 296 g/mol. The van der Waals surface area contributed by atoms with Crippen LogP contribution in [-0.2, 0) is 0 Å². The van der Waals surface area contributed by atoms with Gasteiger partial charge in [-0.3, -0.25) is 0 Å². The number of nitrogens with one attached hydrogen (secondary N) is 1. The van der Waals surface area contributed by atoms with E-state index in [9.17, 15) is 0 Å². The Kier molecular flexibility index (Phi) is 3.01. The number of rotatable bonds is 3. The third kappa shape index (κ3) is 2.10. The van der Waals surface area contributed by atoms with Crippen molar-refractivity contribution in [2.24, 2.45) is 16.7 Å². The van der Waals surface area contributed by atoms with Gasteiger partial charge in [0.1, 0.15) is 5.82 Å². The second-order valence-corrected chi connectivity index (χ2v) is 7.11. The van der Waals surface area contributed by atoms with Crippen LogP contribution in [0.4, 0.5) is 5.82 Å². The molecule has 17 heavy (non-hydrogen) atoms. The maximum atomic E-state index is 4.42. The first-order valence-electron chi connectivity index (χ1n) is 6.13. The molecule has 1 saturated carbocycles. The molecule has 0 aliphatic heterocycles. The molecule has 0 atom stereocenters. The molecule has 0 bridgehead atoms. The standard InChI is InChI=1S/C14H21BrN2/c1-9-6-10(15)7-16-12(9)17-8-11-13(2,3)14(11,4)5/h6-7,11H,8H2,1-5H3,(H,16,17). The van der Waals surface area contributed by atoms with Gasteiger partial charge in [0.15, 0.2) is 0 Å². The molecule has 1 fully saturated rings. The first-order chi connectivity index (χ1) is 7.76. The lowest BCUT2D eigenvalue weighted by molar-refractivity contribution is 0.457. The summed E-state index contributed by atoms with van der Waals surface area (Å²) >= 11 is 3.43. The average Bonchev–Trinajstić information content (AvgIpc) is 2.58. The van der Waals surface area contributed by atoms with Gasteiger partial charge in [-0.05, 0) is 51.2 Å². The van der Waals surface area contributed by atoms with Crippen molar-refractivity contribution in [2.45, 2.75) is 34.6 Å². The lowest BCUT2D eigenvalue weighted by Crippen LogP contribution is -2.10. The van der Waals surface area contributed by atoms with E-state index in [-0.39, 0.29) is 0 Å². The Labute approximate surface area is 112 Å². The number of aromatic nitrogens is 1. The van der Waals surface area contributed by atoms with Crippen molar-refractivity contribution in [3.05, 3.63) is 22.3 Å². The molecule has 1 aromatic rings. The first kappa shape index (κ1) is 12.9. The second-order valence-electron chi connectivity index (χ2n) is 6.20. The summed E-state index contributed by atoms with van der Waals surface area (Å²) in [6.07, 6.45) is 1.85. The zero-order valence-electron chi connectivity index (χ0n) is 11.3. The van der Waals surface area contributed by atoms with E-state index < -0.39 is 0 Å². The summed E-state index contributed by atoms with van der Waals surface area (Å²) in [5.41, 5.74) is 2.06. The van der Waals surface area contributed by atoms with Gasteiger partial charge < -0.3 is 5.32 Å². The van der Waals surface area contributed by atoms with E-state index in [0.29, 0.717) is 10.8 Å². The molecule has 1 heterocycles. The van der Waals surface area contributed by atoms with E-state index in [2.05, 4.69) is 66.9 Å². The number of hydrogen-bond acceptors (Lipinski definition) is 2. The molecular weight excluding hydrogens is 276 g/mol. The van der Waals surface area contributed by atoms with Crippen LogP contribution in [-0.4, -0.2) is 11.5 Å². The van der Waals surface area contributed by atoms with E-state index in [4.69, 9.17) is 0 Å². The zero-order chi connectivity index (χ0) is 12.8. The molecule has 3 heteroatoms. The lowest BCUT2D eigenvalue weighted by atomic mass is 10.0. The molecular formula is C14H21BrN2. The molecule has 1 N–H and O–H groups in total. The summed E-state index contributed by atoms with van der Waals surface area (Å²) in [7, 11) is 0. The molecule has 94 valence electrons. The first-order valence-corrected chi connectivity index (χ1v) is 6.92. The highest BCUT2D eigenvalue weighted by atomic mass is 79.9. The van der Waals surface area contributed by atoms with Gasteiger partial charge in [-0.25, -0.2) is 4.98 Å². The summed E-state index contributed by atoms with van der Waals surface area (Å²) in [5.74, 6) is 1.73. The van der Waals surface area contributed by atoms with E-state index in [0.717, 1.165) is 22.8 Å². The summed E-state index contributed by atoms with van der Waals surface area (Å²) in [4.78, 5) is 4.42. The summed E-state index contributed by atoms with van der Waals surface area (Å²) in [5, 5.41) is 3.48. The van der Waals surface area contributed by atoms with Gasteiger partial charge in [-0.2, -0.15) is 0 Å². The fourth-order valence-electron chi connectivity index (χ4n) is 2.77. The number of nitrogens with zero attached hydrogens (tertiary/aromatic N) is 1. The third-order valence-corrected chi connectivity index (χ3v) is 5.27. The van der Waals surface area contributed by atoms with Crippen LogP contribution >= 0.6 is 15.9 Å². The minimum atomic E-state index is 0.434. The van der Waals surface area contributed by atoms with Gasteiger partial charge in [0.2, 0.25) is 0 Å². The SMILES string of the molecule is Cc1cc(Br)cnc1NCC1C(C)(C)C1(C)C. The fraction of sp³-hybridized carbons (Fsp3) is 0.643. The average molecular weight is 297 g/mol. The Balaban J connectivity index is 2.00. The highest BCUT2D eigenvalue weighted by Crippen LogP contribution is 2.68. The molecule has 0 saturated heterocycles. The Morgan fingerprint density at radius 2 is 1.88 bits per heavy atom. The van der Waals surface area contributed by atoms with Crippen LogP contribution in [0.15, 0.2) is 16.7 Å². The molecule has 2 nitrogen and oxygen atoms in total. The lowest BCUT2D eigenvalue weighted by Gasteiger charge is -2.09. The number of hydrogen-bond donors (Lipinski definition) is 1. The van der Waals surface area contributed by atoms with Crippen LogP contribution < -0.4 is 5.32 Å². The number of aryl methyl sites for hydroxylation is 1. The Hall–Kier alpha value is -0.570. The van der Waals surface area contributed by atoms with Gasteiger partial charge in [0, 0.05) is 17.2 Å². The van der Waals surface area contributed by atoms with Gasteiger partial charge in [0.25, 0.3) is 0 Å². The number of pyridine rings is 1. The highest BCUT2D eigenvalue weighted by molar-refractivity contribution is 9.10. The van der Waals surface area contributed by atoms with Crippen LogP contribution in [0.5, 0.6) is 0 Å². The highest BCUT2D eigenvalue weighted by Gasteiger charge is 2.64. The molecule has 0 unspecified atom stereocenters. The second kappa shape index (κ2) is 3.98. The van der Waals surface area contributed by atoms with Crippen LogP contribution in [0.1, 0.15) is 33.3 Å². The predicted molar refractivity (Wildman–Crippen MR) is 76.2 cm³/mol. The van der Waals surface area contributed by atoms with Crippen molar-refractivity contribution in [3.8, 4) is 0 Å². The molecule has 0 aromatic carbocycles. The van der Waals surface area contributed by atoms with E-state index in [1.54, 1.807) is 0 Å². The van der Waals surface area contributed by atoms with Crippen molar-refractivity contribution in [1.29, 1.82) is 0 Å². The van der Waals surface area contributed by atoms with Crippen molar-refractivity contribution < 1.29 is 0 Å². The predicted octanol–water partition coefficient (Wildman–Crippen LogP) is 4.25. The van der Waals surface area contributed by atoms with Crippen LogP contribution in [0.25, 0.3) is 0 Å². The van der Waals surface area contributed by atoms with Crippen molar-refractivity contribution in [2.75, 3.05) is 11.9 Å². The topological polar surface area (TPSA) is 24.9 Å². The maximum Gasteiger partial charge on any atom is 0.128 e. The van der Waals surface area contributed by atoms with Crippen LogP contribution in [0, 0.1) is 23.7 Å².